The molecule has 0 rings (SSSR count). The molecule has 13 nitrogen and oxygen atoms in total. The lowest BCUT2D eigenvalue weighted by Crippen LogP contribution is -2.53. The van der Waals surface area contributed by atoms with E-state index in [2.05, 4.69) is 4.74 Å². The minimum Gasteiger partial charge on any atom is -0.431 e. The lowest BCUT2D eigenvalue weighted by Gasteiger charge is -2.29. The maximum atomic E-state index is 11.5. The summed E-state index contributed by atoms with van der Waals surface area (Å²) < 4.78 is 4.13. The SMILES string of the molecule is O=C(OC(O)[C@H](O)[C@H](O)[C@H](O)[C@@H](O)CO)C(O)C(O)C(O)C(O)CO. The smallest absolute Gasteiger partial charge is 0.340 e. The van der Waals surface area contributed by atoms with Crippen LogP contribution in [0.25, 0.3) is 0 Å². The number of hydrogen-bond acceptors (Lipinski definition) is 13. The van der Waals surface area contributed by atoms with E-state index < -0.39 is 74.3 Å². The van der Waals surface area contributed by atoms with Crippen molar-refractivity contribution in [3.05, 3.63) is 0 Å². The Morgan fingerprint density at radius 2 is 1.04 bits per heavy atom. The number of esters is 1. The van der Waals surface area contributed by atoms with Gasteiger partial charge in [-0.2, -0.15) is 0 Å². The van der Waals surface area contributed by atoms with Crippen molar-refractivity contribution in [2.75, 3.05) is 13.2 Å². The van der Waals surface area contributed by atoms with E-state index in [1.54, 1.807) is 0 Å². The number of hydrogen-bond donors (Lipinski definition) is 11. The van der Waals surface area contributed by atoms with Crippen LogP contribution in [0.1, 0.15) is 0 Å². The highest BCUT2D eigenvalue weighted by Gasteiger charge is 2.39. The van der Waals surface area contributed by atoms with Crippen LogP contribution in [0.2, 0.25) is 0 Å². The summed E-state index contributed by atoms with van der Waals surface area (Å²) in [5, 5.41) is 101. The Bertz CT molecular complexity index is 393. The summed E-state index contributed by atoms with van der Waals surface area (Å²) in [5.41, 5.74) is 0. The highest BCUT2D eigenvalue weighted by Crippen LogP contribution is 2.12. The van der Waals surface area contributed by atoms with Crippen LogP contribution >= 0.6 is 0 Å². The van der Waals surface area contributed by atoms with Gasteiger partial charge in [0.1, 0.15) is 42.7 Å². The van der Waals surface area contributed by atoms with Crippen molar-refractivity contribution < 1.29 is 65.7 Å². The van der Waals surface area contributed by atoms with Gasteiger partial charge in [0.25, 0.3) is 0 Å². The standard InChI is InChI=1S/C12H24O13/c13-1-3(15)5(17)7(19)9(21)11(23)25-12(24)10(22)8(20)6(18)4(16)2-14/h3-11,13-23H,1-2H2/t3-,4?,5+,6?,7+,8?,9+,10?,11?/m0/s1. The molecule has 0 spiro atoms. The van der Waals surface area contributed by atoms with E-state index >= 15 is 0 Å². The molecule has 11 N–H and O–H groups in total. The molecule has 150 valence electrons. The maximum Gasteiger partial charge on any atom is 0.340 e. The number of ether oxygens (including phenoxy) is 1. The molecule has 0 heterocycles. The van der Waals surface area contributed by atoms with Gasteiger partial charge >= 0.3 is 5.97 Å². The summed E-state index contributed by atoms with van der Waals surface area (Å²) in [4.78, 5) is 11.5. The van der Waals surface area contributed by atoms with Crippen molar-refractivity contribution in [3.8, 4) is 0 Å². The largest absolute Gasteiger partial charge is 0.431 e. The number of carbonyl (C=O) groups is 1. The molecular weight excluding hydrogens is 352 g/mol. The first-order chi connectivity index (χ1) is 11.5. The Labute approximate surface area is 141 Å². The zero-order valence-electron chi connectivity index (χ0n) is 12.8. The molecule has 0 radical (unpaired) electrons. The molecule has 0 saturated carbocycles. The minimum atomic E-state index is -2.54. The third-order valence-electron chi connectivity index (χ3n) is 3.31. The molecule has 0 bridgehead atoms. The summed E-state index contributed by atoms with van der Waals surface area (Å²) in [6.07, 6.45) is -20.1. The Balaban J connectivity index is 4.76. The van der Waals surface area contributed by atoms with Crippen LogP contribution in [0, 0.1) is 0 Å². The average Bonchev–Trinajstić information content (AvgIpc) is 2.62. The molecule has 25 heavy (non-hydrogen) atoms. The summed E-state index contributed by atoms with van der Waals surface area (Å²) in [6.45, 7) is -1.99. The van der Waals surface area contributed by atoms with Gasteiger partial charge in [-0.25, -0.2) is 4.79 Å². The monoisotopic (exact) mass is 376 g/mol. The first-order valence-electron chi connectivity index (χ1n) is 7.04. The van der Waals surface area contributed by atoms with Crippen LogP contribution < -0.4 is 0 Å². The first kappa shape index (κ1) is 24.0. The van der Waals surface area contributed by atoms with Crippen molar-refractivity contribution in [2.45, 2.75) is 55.1 Å². The van der Waals surface area contributed by atoms with E-state index in [1.165, 1.54) is 0 Å². The van der Waals surface area contributed by atoms with Gasteiger partial charge in [0.15, 0.2) is 6.10 Å². The Morgan fingerprint density at radius 3 is 1.44 bits per heavy atom. The van der Waals surface area contributed by atoms with E-state index in [0.717, 1.165) is 0 Å². The van der Waals surface area contributed by atoms with Gasteiger partial charge in [-0.3, -0.25) is 0 Å². The topological polar surface area (TPSA) is 249 Å². The third kappa shape index (κ3) is 6.69. The normalized spacial score (nSPS) is 22.8. The summed E-state index contributed by atoms with van der Waals surface area (Å²) in [6, 6.07) is 0. The van der Waals surface area contributed by atoms with Crippen molar-refractivity contribution in [2.24, 2.45) is 0 Å². The van der Waals surface area contributed by atoms with Crippen LogP contribution in [0.4, 0.5) is 0 Å². The minimum absolute atomic E-state index is 0.989. The fourth-order valence-corrected chi connectivity index (χ4v) is 1.63. The van der Waals surface area contributed by atoms with Crippen LogP contribution in [0.3, 0.4) is 0 Å². The molecule has 0 amide bonds. The van der Waals surface area contributed by atoms with E-state index in [-0.39, 0.29) is 0 Å². The van der Waals surface area contributed by atoms with Crippen molar-refractivity contribution in [1.82, 2.24) is 0 Å². The van der Waals surface area contributed by atoms with E-state index in [1.807, 2.05) is 0 Å². The van der Waals surface area contributed by atoms with E-state index in [4.69, 9.17) is 20.4 Å². The molecule has 0 aromatic carbocycles. The van der Waals surface area contributed by atoms with Crippen LogP contribution in [-0.4, -0.2) is 130 Å². The molecule has 0 aromatic rings. The second-order valence-electron chi connectivity index (χ2n) is 5.23. The molecule has 0 saturated heterocycles. The highest BCUT2D eigenvalue weighted by atomic mass is 16.7. The van der Waals surface area contributed by atoms with Crippen molar-refractivity contribution >= 4 is 5.97 Å². The molecule has 0 fully saturated rings. The van der Waals surface area contributed by atoms with Gasteiger partial charge in [-0.1, -0.05) is 0 Å². The fraction of sp³-hybridized carbons (Fsp3) is 0.917. The molecule has 0 aliphatic carbocycles. The summed E-state index contributed by atoms with van der Waals surface area (Å²) in [5.74, 6) is -1.78. The average molecular weight is 376 g/mol. The number of carbonyl (C=O) groups excluding carboxylic acids is 1. The van der Waals surface area contributed by atoms with Gasteiger partial charge in [0.2, 0.25) is 6.29 Å². The van der Waals surface area contributed by atoms with Crippen LogP contribution in [0.5, 0.6) is 0 Å². The lowest BCUT2D eigenvalue weighted by molar-refractivity contribution is -0.224. The van der Waals surface area contributed by atoms with Gasteiger partial charge in [-0.05, 0) is 0 Å². The molecule has 0 aliphatic rings. The van der Waals surface area contributed by atoms with E-state index in [0.29, 0.717) is 0 Å². The second-order valence-corrected chi connectivity index (χ2v) is 5.23. The van der Waals surface area contributed by atoms with Crippen LogP contribution in [0.15, 0.2) is 0 Å². The number of aliphatic hydroxyl groups is 11. The Morgan fingerprint density at radius 1 is 0.640 bits per heavy atom. The Kier molecular flexibility index (Phi) is 10.5. The third-order valence-corrected chi connectivity index (χ3v) is 3.31. The van der Waals surface area contributed by atoms with Crippen molar-refractivity contribution in [1.29, 1.82) is 0 Å². The molecule has 0 aromatic heterocycles. The Hall–Kier alpha value is -0.970. The molecule has 13 heteroatoms. The number of aliphatic hydroxyl groups excluding tert-OH is 11. The van der Waals surface area contributed by atoms with Crippen LogP contribution in [-0.2, 0) is 9.53 Å². The lowest BCUT2D eigenvalue weighted by atomic mass is 10.0. The maximum absolute atomic E-state index is 11.5. The summed E-state index contributed by atoms with van der Waals surface area (Å²) >= 11 is 0. The van der Waals surface area contributed by atoms with Crippen molar-refractivity contribution in [3.63, 3.8) is 0 Å². The molecule has 9 atom stereocenters. The number of rotatable bonds is 11. The zero-order valence-corrected chi connectivity index (χ0v) is 12.8. The quantitative estimate of drug-likeness (QED) is 0.119. The zero-order chi connectivity index (χ0) is 19.9. The molecule has 5 unspecified atom stereocenters. The van der Waals surface area contributed by atoms with Gasteiger partial charge < -0.3 is 60.9 Å². The van der Waals surface area contributed by atoms with Gasteiger partial charge in [0, 0.05) is 0 Å². The predicted octanol–water partition coefficient (Wildman–Crippen LogP) is -7.28. The first-order valence-corrected chi connectivity index (χ1v) is 7.04. The molecule has 0 aliphatic heterocycles. The van der Waals surface area contributed by atoms with Gasteiger partial charge in [0.05, 0.1) is 13.2 Å². The van der Waals surface area contributed by atoms with Gasteiger partial charge in [-0.15, -0.1) is 0 Å². The fourth-order valence-electron chi connectivity index (χ4n) is 1.63. The summed E-state index contributed by atoms with van der Waals surface area (Å²) in [7, 11) is 0. The van der Waals surface area contributed by atoms with E-state index in [9.17, 15) is 40.5 Å². The molecular formula is C12H24O13. The highest BCUT2D eigenvalue weighted by molar-refractivity contribution is 5.75. The predicted molar refractivity (Wildman–Crippen MR) is 74.3 cm³/mol. The second kappa shape index (κ2) is 10.9.